The molecule has 0 bridgehead atoms. The first-order valence-electron chi connectivity index (χ1n) is 9.85. The molecule has 31 heavy (non-hydrogen) atoms. The number of nitriles is 1. The van der Waals surface area contributed by atoms with Crippen molar-refractivity contribution < 1.29 is 9.18 Å². The van der Waals surface area contributed by atoms with E-state index in [-0.39, 0.29) is 11.4 Å². The van der Waals surface area contributed by atoms with Crippen molar-refractivity contribution in [3.63, 3.8) is 0 Å². The molecule has 1 heterocycles. The maximum atomic E-state index is 13.2. The molecule has 0 saturated carbocycles. The second-order valence-electron chi connectivity index (χ2n) is 7.35. The predicted octanol–water partition coefficient (Wildman–Crippen LogP) is 5.68. The minimum atomic E-state index is -0.457. The molecule has 4 aromatic rings. The van der Waals surface area contributed by atoms with Crippen molar-refractivity contribution in [3.05, 3.63) is 107 Å². The number of nitrogens with one attached hydrogen (secondary N) is 1. The summed E-state index contributed by atoms with van der Waals surface area (Å²) in [5.74, 6) is -0.732. The van der Waals surface area contributed by atoms with Crippen molar-refractivity contribution in [2.75, 3.05) is 5.32 Å². The van der Waals surface area contributed by atoms with E-state index in [0.717, 1.165) is 27.6 Å². The van der Waals surface area contributed by atoms with E-state index in [4.69, 9.17) is 0 Å². The van der Waals surface area contributed by atoms with E-state index in [1.54, 1.807) is 30.3 Å². The Hall–Kier alpha value is -4.17. The topological polar surface area (TPSA) is 57.8 Å². The van der Waals surface area contributed by atoms with Gasteiger partial charge in [-0.15, -0.1) is 0 Å². The van der Waals surface area contributed by atoms with Crippen molar-refractivity contribution in [1.29, 1.82) is 5.26 Å². The minimum Gasteiger partial charge on any atom is -0.342 e. The first-order valence-corrected chi connectivity index (χ1v) is 9.85. The van der Waals surface area contributed by atoms with Gasteiger partial charge in [0.1, 0.15) is 17.5 Å². The zero-order valence-corrected chi connectivity index (χ0v) is 17.0. The number of aryl methyl sites for hydroxylation is 1. The zero-order valence-electron chi connectivity index (χ0n) is 17.0. The van der Waals surface area contributed by atoms with Gasteiger partial charge >= 0.3 is 0 Å². The Morgan fingerprint density at radius 3 is 2.48 bits per heavy atom. The van der Waals surface area contributed by atoms with Crippen LogP contribution in [0.5, 0.6) is 0 Å². The molecule has 4 nitrogen and oxygen atoms in total. The summed E-state index contributed by atoms with van der Waals surface area (Å²) in [4.78, 5) is 12.7. The molecule has 0 aliphatic heterocycles. The molecule has 5 heteroatoms. The molecule has 0 radical (unpaired) electrons. The van der Waals surface area contributed by atoms with Crippen molar-refractivity contribution >= 4 is 28.6 Å². The average Bonchev–Trinajstić information content (AvgIpc) is 3.12. The van der Waals surface area contributed by atoms with E-state index in [1.807, 2.05) is 60.2 Å². The number of para-hydroxylation sites is 1. The lowest BCUT2D eigenvalue weighted by molar-refractivity contribution is -0.112. The summed E-state index contributed by atoms with van der Waals surface area (Å²) in [6.07, 6.45) is 3.51. The number of amides is 1. The normalized spacial score (nSPS) is 11.3. The standard InChI is InChI=1S/C26H20FN3O/c1-18-6-12-23(13-7-18)29-26(31)20(15-28)14-21-17-30(25-5-3-2-4-24(21)25)16-19-8-10-22(27)11-9-19/h2-14,17H,16H2,1H3,(H,29,31)/b20-14-. The molecule has 0 atom stereocenters. The highest BCUT2D eigenvalue weighted by Gasteiger charge is 2.13. The second-order valence-corrected chi connectivity index (χ2v) is 7.35. The highest BCUT2D eigenvalue weighted by molar-refractivity contribution is 6.10. The average molecular weight is 409 g/mol. The molecule has 3 aromatic carbocycles. The SMILES string of the molecule is Cc1ccc(NC(=O)/C(C#N)=C\c2cn(Cc3ccc(F)cc3)c3ccccc23)cc1. The van der Waals surface area contributed by atoms with Crippen LogP contribution in [-0.2, 0) is 11.3 Å². The van der Waals surface area contributed by atoms with Crippen LogP contribution in [0.25, 0.3) is 17.0 Å². The smallest absolute Gasteiger partial charge is 0.266 e. The molecule has 1 amide bonds. The molecule has 1 N–H and O–H groups in total. The minimum absolute atomic E-state index is 0.0188. The maximum absolute atomic E-state index is 13.2. The Balaban J connectivity index is 1.66. The fourth-order valence-electron chi connectivity index (χ4n) is 3.45. The van der Waals surface area contributed by atoms with Crippen LogP contribution in [0.3, 0.4) is 0 Å². The van der Waals surface area contributed by atoms with Gasteiger partial charge in [-0.25, -0.2) is 4.39 Å². The predicted molar refractivity (Wildman–Crippen MR) is 121 cm³/mol. The first kappa shape index (κ1) is 20.1. The van der Waals surface area contributed by atoms with Gasteiger partial charge in [-0.05, 0) is 48.9 Å². The number of rotatable bonds is 5. The first-order chi connectivity index (χ1) is 15.0. The number of carbonyl (C=O) groups is 1. The van der Waals surface area contributed by atoms with Gasteiger partial charge in [0, 0.05) is 34.9 Å². The molecule has 152 valence electrons. The van der Waals surface area contributed by atoms with Crippen LogP contribution in [0.1, 0.15) is 16.7 Å². The zero-order chi connectivity index (χ0) is 21.8. The summed E-state index contributed by atoms with van der Waals surface area (Å²) >= 11 is 0. The van der Waals surface area contributed by atoms with E-state index < -0.39 is 5.91 Å². The van der Waals surface area contributed by atoms with Crippen molar-refractivity contribution in [3.8, 4) is 6.07 Å². The number of carbonyl (C=O) groups excluding carboxylic acids is 1. The quantitative estimate of drug-likeness (QED) is 0.340. The molecule has 1 aromatic heterocycles. The number of anilines is 1. The Morgan fingerprint density at radius 1 is 1.06 bits per heavy atom. The van der Waals surface area contributed by atoms with E-state index >= 15 is 0 Å². The number of hydrogen-bond donors (Lipinski definition) is 1. The third kappa shape index (κ3) is 4.54. The van der Waals surface area contributed by atoms with Gasteiger partial charge < -0.3 is 9.88 Å². The Morgan fingerprint density at radius 2 is 1.77 bits per heavy atom. The van der Waals surface area contributed by atoms with Crippen LogP contribution in [0.2, 0.25) is 0 Å². The Labute approximate surface area is 179 Å². The molecular formula is C26H20FN3O. The molecule has 0 saturated heterocycles. The fourth-order valence-corrected chi connectivity index (χ4v) is 3.45. The number of hydrogen-bond acceptors (Lipinski definition) is 2. The second kappa shape index (κ2) is 8.68. The van der Waals surface area contributed by atoms with Crippen LogP contribution < -0.4 is 5.32 Å². The molecular weight excluding hydrogens is 389 g/mol. The summed E-state index contributed by atoms with van der Waals surface area (Å²) < 4.78 is 15.3. The number of benzene rings is 3. The Kier molecular flexibility index (Phi) is 5.63. The van der Waals surface area contributed by atoms with Gasteiger partial charge in [-0.2, -0.15) is 5.26 Å². The van der Waals surface area contributed by atoms with Gasteiger partial charge in [0.15, 0.2) is 0 Å². The highest BCUT2D eigenvalue weighted by Crippen LogP contribution is 2.25. The van der Waals surface area contributed by atoms with E-state index in [2.05, 4.69) is 5.32 Å². The van der Waals surface area contributed by atoms with Gasteiger partial charge in [-0.3, -0.25) is 4.79 Å². The summed E-state index contributed by atoms with van der Waals surface area (Å²) in [6, 6.07) is 23.6. The molecule has 0 aliphatic rings. The van der Waals surface area contributed by atoms with Gasteiger partial charge in [0.2, 0.25) is 0 Å². The third-order valence-corrected chi connectivity index (χ3v) is 5.06. The summed E-state index contributed by atoms with van der Waals surface area (Å²) in [5, 5.41) is 13.3. The number of fused-ring (bicyclic) bond motifs is 1. The van der Waals surface area contributed by atoms with Crippen molar-refractivity contribution in [2.45, 2.75) is 13.5 Å². The molecule has 4 rings (SSSR count). The van der Waals surface area contributed by atoms with Crippen LogP contribution in [0.4, 0.5) is 10.1 Å². The third-order valence-electron chi connectivity index (χ3n) is 5.06. The number of halogens is 1. The monoisotopic (exact) mass is 409 g/mol. The molecule has 0 fully saturated rings. The van der Waals surface area contributed by atoms with Crippen LogP contribution in [-0.4, -0.2) is 10.5 Å². The summed E-state index contributed by atoms with van der Waals surface area (Å²) in [5.41, 5.74) is 4.43. The fraction of sp³-hybridized carbons (Fsp3) is 0.0769. The van der Waals surface area contributed by atoms with Crippen LogP contribution >= 0.6 is 0 Å². The van der Waals surface area contributed by atoms with Gasteiger partial charge in [-0.1, -0.05) is 48.0 Å². The van der Waals surface area contributed by atoms with Crippen molar-refractivity contribution in [2.24, 2.45) is 0 Å². The van der Waals surface area contributed by atoms with E-state index in [0.29, 0.717) is 12.2 Å². The van der Waals surface area contributed by atoms with Crippen LogP contribution in [0, 0.1) is 24.1 Å². The van der Waals surface area contributed by atoms with E-state index in [9.17, 15) is 14.4 Å². The van der Waals surface area contributed by atoms with Crippen molar-refractivity contribution in [1.82, 2.24) is 4.57 Å². The Bertz CT molecular complexity index is 1310. The van der Waals surface area contributed by atoms with Gasteiger partial charge in [0.05, 0.1) is 0 Å². The molecule has 0 spiro atoms. The molecule has 0 unspecified atom stereocenters. The molecule has 0 aliphatic carbocycles. The summed E-state index contributed by atoms with van der Waals surface area (Å²) in [7, 11) is 0. The van der Waals surface area contributed by atoms with Crippen LogP contribution in [0.15, 0.2) is 84.6 Å². The number of nitrogens with zero attached hydrogens (tertiary/aromatic N) is 2. The number of aromatic nitrogens is 1. The van der Waals surface area contributed by atoms with Gasteiger partial charge in [0.25, 0.3) is 5.91 Å². The maximum Gasteiger partial charge on any atom is 0.266 e. The summed E-state index contributed by atoms with van der Waals surface area (Å²) in [6.45, 7) is 2.51. The van der Waals surface area contributed by atoms with E-state index in [1.165, 1.54) is 12.1 Å². The largest absolute Gasteiger partial charge is 0.342 e. The highest BCUT2D eigenvalue weighted by atomic mass is 19.1. The lowest BCUT2D eigenvalue weighted by Crippen LogP contribution is -2.13. The lowest BCUT2D eigenvalue weighted by atomic mass is 10.1. The lowest BCUT2D eigenvalue weighted by Gasteiger charge is -2.05.